The Morgan fingerprint density at radius 1 is 1.58 bits per heavy atom. The number of rotatable bonds is 3. The number of carboxylic acids is 1. The average molecular weight is 294 g/mol. The summed E-state index contributed by atoms with van der Waals surface area (Å²) in [6.07, 6.45) is 0.806. The first-order chi connectivity index (χ1) is 9.13. The molecule has 0 amide bonds. The molecule has 0 spiro atoms. The zero-order valence-corrected chi connectivity index (χ0v) is 11.4. The van der Waals surface area contributed by atoms with Crippen molar-refractivity contribution in [3.63, 3.8) is 0 Å². The van der Waals surface area contributed by atoms with Crippen LogP contribution in [0.3, 0.4) is 0 Å². The van der Waals surface area contributed by atoms with Crippen molar-refractivity contribution < 1.29 is 9.90 Å². The number of thiophene rings is 1. The van der Waals surface area contributed by atoms with Gasteiger partial charge in [0.2, 0.25) is 0 Å². The summed E-state index contributed by atoms with van der Waals surface area (Å²) >= 11 is 2.75. The number of carboxylic acid groups (broad SMARTS) is 1. The number of hydrogen-bond donors (Lipinski definition) is 2. The van der Waals surface area contributed by atoms with E-state index < -0.39 is 11.2 Å². The molecule has 2 aromatic heterocycles. The van der Waals surface area contributed by atoms with Gasteiger partial charge in [-0.2, -0.15) is 11.3 Å². The number of H-pyrrole nitrogens is 1. The van der Waals surface area contributed by atoms with Gasteiger partial charge in [-0.05, 0) is 22.4 Å². The van der Waals surface area contributed by atoms with Gasteiger partial charge < -0.3 is 10.1 Å². The van der Waals surface area contributed by atoms with Gasteiger partial charge in [-0.25, -0.2) is 4.98 Å². The van der Waals surface area contributed by atoms with Crippen molar-refractivity contribution >= 4 is 29.1 Å². The molecule has 3 rings (SSSR count). The third kappa shape index (κ3) is 2.43. The maximum absolute atomic E-state index is 11.9. The molecular weight excluding hydrogens is 284 g/mol. The van der Waals surface area contributed by atoms with Gasteiger partial charge in [-0.15, -0.1) is 0 Å². The molecule has 0 aliphatic carbocycles. The monoisotopic (exact) mass is 294 g/mol. The second kappa shape index (κ2) is 4.82. The Kier molecular flexibility index (Phi) is 3.16. The number of hydrogen-bond acceptors (Lipinski definition) is 5. The van der Waals surface area contributed by atoms with Gasteiger partial charge in [0.1, 0.15) is 16.1 Å². The zero-order valence-electron chi connectivity index (χ0n) is 9.75. The number of aromatic nitrogens is 2. The predicted molar refractivity (Wildman–Crippen MR) is 73.0 cm³/mol. The Morgan fingerprint density at radius 3 is 3.11 bits per heavy atom. The molecule has 1 aliphatic rings. The zero-order chi connectivity index (χ0) is 13.4. The molecule has 1 atom stereocenters. The summed E-state index contributed by atoms with van der Waals surface area (Å²) in [5.74, 6) is -0.317. The SMILES string of the molecule is O=C(O)C1Cc2c(nc(Cc3ccsc3)[nH]c2=O)S1. The van der Waals surface area contributed by atoms with Crippen LogP contribution < -0.4 is 5.56 Å². The lowest BCUT2D eigenvalue weighted by atomic mass is 10.2. The van der Waals surface area contributed by atoms with E-state index in [1.165, 1.54) is 0 Å². The Morgan fingerprint density at radius 2 is 2.42 bits per heavy atom. The van der Waals surface area contributed by atoms with Crippen molar-refractivity contribution in [1.29, 1.82) is 0 Å². The van der Waals surface area contributed by atoms with Gasteiger partial charge >= 0.3 is 5.97 Å². The van der Waals surface area contributed by atoms with E-state index in [1.807, 2.05) is 16.8 Å². The molecule has 2 N–H and O–H groups in total. The molecule has 0 fully saturated rings. The van der Waals surface area contributed by atoms with E-state index in [9.17, 15) is 9.59 Å². The average Bonchev–Trinajstić information content (AvgIpc) is 2.97. The molecule has 19 heavy (non-hydrogen) atoms. The van der Waals surface area contributed by atoms with Crippen LogP contribution in [0.4, 0.5) is 0 Å². The highest BCUT2D eigenvalue weighted by molar-refractivity contribution is 8.00. The van der Waals surface area contributed by atoms with Crippen molar-refractivity contribution in [2.75, 3.05) is 0 Å². The molecule has 7 heteroatoms. The van der Waals surface area contributed by atoms with E-state index in [0.29, 0.717) is 22.8 Å². The largest absolute Gasteiger partial charge is 0.480 e. The van der Waals surface area contributed by atoms with E-state index in [-0.39, 0.29) is 12.0 Å². The van der Waals surface area contributed by atoms with Crippen LogP contribution in [-0.4, -0.2) is 26.3 Å². The van der Waals surface area contributed by atoms with E-state index in [1.54, 1.807) is 11.3 Å². The molecule has 2 aromatic rings. The van der Waals surface area contributed by atoms with Crippen LogP contribution in [-0.2, 0) is 17.6 Å². The van der Waals surface area contributed by atoms with Crippen LogP contribution in [0.15, 0.2) is 26.6 Å². The van der Waals surface area contributed by atoms with Crippen LogP contribution in [0.5, 0.6) is 0 Å². The highest BCUT2D eigenvalue weighted by Gasteiger charge is 2.31. The number of fused-ring (bicyclic) bond motifs is 1. The summed E-state index contributed by atoms with van der Waals surface area (Å²) in [6.45, 7) is 0. The molecule has 0 saturated carbocycles. The van der Waals surface area contributed by atoms with Gasteiger partial charge in [-0.3, -0.25) is 9.59 Å². The van der Waals surface area contributed by atoms with Crippen LogP contribution in [0.2, 0.25) is 0 Å². The van der Waals surface area contributed by atoms with Gasteiger partial charge in [0.15, 0.2) is 0 Å². The molecule has 98 valence electrons. The fraction of sp³-hybridized carbons (Fsp3) is 0.250. The minimum Gasteiger partial charge on any atom is -0.480 e. The number of nitrogens with one attached hydrogen (secondary N) is 1. The third-order valence-electron chi connectivity index (χ3n) is 2.90. The summed E-state index contributed by atoms with van der Waals surface area (Å²) in [7, 11) is 0. The molecule has 3 heterocycles. The van der Waals surface area contributed by atoms with Crippen LogP contribution >= 0.6 is 23.1 Å². The Labute approximate surface area is 116 Å². The lowest BCUT2D eigenvalue weighted by Gasteiger charge is -2.01. The van der Waals surface area contributed by atoms with Crippen LogP contribution in [0.1, 0.15) is 17.0 Å². The summed E-state index contributed by atoms with van der Waals surface area (Å²) in [4.78, 5) is 30.0. The van der Waals surface area contributed by atoms with Crippen molar-refractivity contribution in [3.8, 4) is 0 Å². The second-order valence-electron chi connectivity index (χ2n) is 4.25. The predicted octanol–water partition coefficient (Wildman–Crippen LogP) is 1.52. The highest BCUT2D eigenvalue weighted by Crippen LogP contribution is 2.33. The van der Waals surface area contributed by atoms with E-state index in [0.717, 1.165) is 17.3 Å². The molecule has 0 radical (unpaired) electrons. The molecular formula is C12H10N2O3S2. The minimum absolute atomic E-state index is 0.216. The summed E-state index contributed by atoms with van der Waals surface area (Å²) in [6, 6.07) is 1.98. The molecule has 1 aliphatic heterocycles. The molecule has 0 saturated heterocycles. The number of aromatic amines is 1. The topological polar surface area (TPSA) is 83.0 Å². The lowest BCUT2D eigenvalue weighted by molar-refractivity contribution is -0.136. The summed E-state index contributed by atoms with van der Waals surface area (Å²) in [5.41, 5.74) is 1.36. The Balaban J connectivity index is 1.91. The van der Waals surface area contributed by atoms with Gasteiger partial charge in [-0.1, -0.05) is 11.8 Å². The van der Waals surface area contributed by atoms with Gasteiger partial charge in [0, 0.05) is 12.8 Å². The van der Waals surface area contributed by atoms with Crippen LogP contribution in [0, 0.1) is 0 Å². The van der Waals surface area contributed by atoms with Gasteiger partial charge in [0.05, 0.1) is 5.56 Å². The van der Waals surface area contributed by atoms with Crippen molar-refractivity contribution in [3.05, 3.63) is 44.1 Å². The first kappa shape index (κ1) is 12.4. The smallest absolute Gasteiger partial charge is 0.317 e. The Bertz CT molecular complexity index is 679. The number of thioether (sulfide) groups is 1. The lowest BCUT2D eigenvalue weighted by Crippen LogP contribution is -2.19. The normalized spacial score (nSPS) is 17.4. The number of carbonyl (C=O) groups is 1. The van der Waals surface area contributed by atoms with Crippen molar-refractivity contribution in [1.82, 2.24) is 9.97 Å². The maximum Gasteiger partial charge on any atom is 0.317 e. The quantitative estimate of drug-likeness (QED) is 0.839. The fourth-order valence-electron chi connectivity index (χ4n) is 1.97. The highest BCUT2D eigenvalue weighted by atomic mass is 32.2. The third-order valence-corrected chi connectivity index (χ3v) is 4.84. The Hall–Kier alpha value is -1.60. The first-order valence-corrected chi connectivity index (χ1v) is 7.48. The van der Waals surface area contributed by atoms with Gasteiger partial charge in [0.25, 0.3) is 5.56 Å². The standard InChI is InChI=1S/C12H10N2O3S2/c15-10-7-4-8(12(16)17)19-11(7)14-9(13-10)3-6-1-2-18-5-6/h1-2,5,8H,3-4H2,(H,16,17)(H,13,14,15). The summed E-state index contributed by atoms with van der Waals surface area (Å²) in [5, 5.41) is 12.9. The molecule has 0 bridgehead atoms. The van der Waals surface area contributed by atoms with Crippen molar-refractivity contribution in [2.45, 2.75) is 23.1 Å². The van der Waals surface area contributed by atoms with E-state index in [2.05, 4.69) is 9.97 Å². The molecule has 5 nitrogen and oxygen atoms in total. The fourth-order valence-corrected chi connectivity index (χ4v) is 3.74. The molecule has 1 unspecified atom stereocenters. The van der Waals surface area contributed by atoms with Crippen LogP contribution in [0.25, 0.3) is 0 Å². The van der Waals surface area contributed by atoms with E-state index in [4.69, 9.17) is 5.11 Å². The number of nitrogens with zero attached hydrogens (tertiary/aromatic N) is 1. The van der Waals surface area contributed by atoms with E-state index >= 15 is 0 Å². The maximum atomic E-state index is 11.9. The summed E-state index contributed by atoms with van der Waals surface area (Å²) < 4.78 is 0. The number of aliphatic carboxylic acids is 1. The molecule has 0 aromatic carbocycles. The van der Waals surface area contributed by atoms with Crippen molar-refractivity contribution in [2.24, 2.45) is 0 Å². The minimum atomic E-state index is -0.901. The first-order valence-electron chi connectivity index (χ1n) is 5.66. The second-order valence-corrected chi connectivity index (χ2v) is 6.23.